The number of ether oxygens (including phenoxy) is 1. The number of alkyl halides is 3. The third kappa shape index (κ3) is 5.96. The summed E-state index contributed by atoms with van der Waals surface area (Å²) in [6, 6.07) is 12.8. The van der Waals surface area contributed by atoms with Gasteiger partial charge in [-0.05, 0) is 43.8 Å². The lowest BCUT2D eigenvalue weighted by molar-refractivity contribution is -0.275. The summed E-state index contributed by atoms with van der Waals surface area (Å²) in [5.41, 5.74) is 1.68. The van der Waals surface area contributed by atoms with Crippen LogP contribution in [0.5, 0.6) is 5.75 Å². The van der Waals surface area contributed by atoms with Crippen molar-refractivity contribution in [3.05, 3.63) is 54.1 Å². The van der Waals surface area contributed by atoms with Gasteiger partial charge in [-0.2, -0.15) is 0 Å². The van der Waals surface area contributed by atoms with Gasteiger partial charge in [0.15, 0.2) is 0 Å². The summed E-state index contributed by atoms with van der Waals surface area (Å²) in [7, 11) is 1.63. The highest BCUT2D eigenvalue weighted by Gasteiger charge is 2.32. The van der Waals surface area contributed by atoms with Crippen molar-refractivity contribution in [1.29, 1.82) is 0 Å². The molecule has 0 saturated carbocycles. The average molecular weight is 421 g/mol. The second kappa shape index (κ2) is 9.17. The summed E-state index contributed by atoms with van der Waals surface area (Å²) in [5, 5.41) is 2.75. The first-order valence-electron chi connectivity index (χ1n) is 9.44. The molecule has 2 amide bonds. The van der Waals surface area contributed by atoms with Crippen LogP contribution in [0.3, 0.4) is 0 Å². The fourth-order valence-corrected chi connectivity index (χ4v) is 3.30. The predicted molar refractivity (Wildman–Crippen MR) is 106 cm³/mol. The highest BCUT2D eigenvalue weighted by molar-refractivity contribution is 5.96. The van der Waals surface area contributed by atoms with Crippen LogP contribution >= 0.6 is 0 Å². The van der Waals surface area contributed by atoms with Gasteiger partial charge in [0.25, 0.3) is 0 Å². The number of hydrogen-bond acceptors (Lipinski definition) is 4. The quantitative estimate of drug-likeness (QED) is 0.739. The van der Waals surface area contributed by atoms with Gasteiger partial charge in [-0.3, -0.25) is 14.5 Å². The minimum atomic E-state index is -4.78. The molecule has 0 bridgehead atoms. The van der Waals surface area contributed by atoms with E-state index in [9.17, 15) is 22.8 Å². The van der Waals surface area contributed by atoms with Gasteiger partial charge in [0, 0.05) is 36.4 Å². The van der Waals surface area contributed by atoms with E-state index in [-0.39, 0.29) is 30.7 Å². The van der Waals surface area contributed by atoms with Gasteiger partial charge in [0.05, 0.1) is 6.54 Å². The molecule has 1 aliphatic heterocycles. The number of carbonyl (C=O) groups is 2. The third-order valence-corrected chi connectivity index (χ3v) is 4.59. The molecule has 1 heterocycles. The summed E-state index contributed by atoms with van der Waals surface area (Å²) in [6.07, 6.45) is -3.40. The number of amides is 2. The molecule has 1 fully saturated rings. The Labute approximate surface area is 172 Å². The van der Waals surface area contributed by atoms with E-state index in [2.05, 4.69) is 10.1 Å². The maximum Gasteiger partial charge on any atom is 0.573 e. The van der Waals surface area contributed by atoms with E-state index in [0.29, 0.717) is 24.2 Å². The fourth-order valence-electron chi connectivity index (χ4n) is 3.30. The van der Waals surface area contributed by atoms with Crippen LogP contribution in [-0.4, -0.2) is 43.2 Å². The molecule has 0 radical (unpaired) electrons. The molecule has 1 aliphatic rings. The molecule has 30 heavy (non-hydrogen) atoms. The number of likely N-dealkylation sites (N-methyl/N-ethyl adjacent to an activating group) is 1. The van der Waals surface area contributed by atoms with E-state index in [1.165, 1.54) is 18.2 Å². The summed E-state index contributed by atoms with van der Waals surface area (Å²) >= 11 is 0. The Kier molecular flexibility index (Phi) is 6.61. The first-order valence-corrected chi connectivity index (χ1v) is 9.44. The zero-order valence-electron chi connectivity index (χ0n) is 16.4. The number of benzene rings is 2. The van der Waals surface area contributed by atoms with Gasteiger partial charge in [-0.1, -0.05) is 18.2 Å². The smallest absolute Gasteiger partial charge is 0.405 e. The van der Waals surface area contributed by atoms with Crippen LogP contribution in [0.4, 0.5) is 24.5 Å². The molecule has 0 unspecified atom stereocenters. The Balaban J connectivity index is 1.54. The molecule has 0 aliphatic carbocycles. The van der Waals surface area contributed by atoms with Crippen molar-refractivity contribution in [1.82, 2.24) is 4.90 Å². The van der Waals surface area contributed by atoms with Crippen LogP contribution in [0.1, 0.15) is 18.4 Å². The van der Waals surface area contributed by atoms with Crippen molar-refractivity contribution < 1.29 is 27.5 Å². The molecular weight excluding hydrogens is 399 g/mol. The van der Waals surface area contributed by atoms with Crippen molar-refractivity contribution in [3.63, 3.8) is 0 Å². The number of para-hydroxylation sites is 1. The van der Waals surface area contributed by atoms with Crippen molar-refractivity contribution >= 4 is 23.2 Å². The lowest BCUT2D eigenvalue weighted by atomic mass is 10.2. The maximum absolute atomic E-state index is 12.5. The average Bonchev–Trinajstić information content (AvgIpc) is 3.08. The summed E-state index contributed by atoms with van der Waals surface area (Å²) in [5.74, 6) is -0.510. The highest BCUT2D eigenvalue weighted by Crippen LogP contribution is 2.27. The molecule has 2 aromatic carbocycles. The van der Waals surface area contributed by atoms with Crippen LogP contribution < -0.4 is 15.0 Å². The normalized spacial score (nSPS) is 14.3. The topological polar surface area (TPSA) is 61.9 Å². The first-order chi connectivity index (χ1) is 14.2. The second-order valence-electron chi connectivity index (χ2n) is 7.07. The molecule has 0 spiro atoms. The van der Waals surface area contributed by atoms with Crippen molar-refractivity contribution in [2.45, 2.75) is 25.7 Å². The third-order valence-electron chi connectivity index (χ3n) is 4.59. The molecule has 1 saturated heterocycles. The van der Waals surface area contributed by atoms with Crippen molar-refractivity contribution in [2.24, 2.45) is 0 Å². The van der Waals surface area contributed by atoms with E-state index in [0.717, 1.165) is 12.1 Å². The maximum atomic E-state index is 12.5. The summed E-state index contributed by atoms with van der Waals surface area (Å²) in [4.78, 5) is 27.4. The number of anilines is 2. The molecule has 0 atom stereocenters. The zero-order valence-corrected chi connectivity index (χ0v) is 16.4. The van der Waals surface area contributed by atoms with Crippen molar-refractivity contribution in [3.8, 4) is 5.75 Å². The molecule has 0 aromatic heterocycles. The Morgan fingerprint density at radius 1 is 1.17 bits per heavy atom. The lowest BCUT2D eigenvalue weighted by Gasteiger charge is -2.19. The van der Waals surface area contributed by atoms with E-state index >= 15 is 0 Å². The van der Waals surface area contributed by atoms with Gasteiger partial charge in [0.2, 0.25) is 11.8 Å². The number of carbonyl (C=O) groups excluding carboxylic acids is 2. The molecule has 6 nitrogen and oxygen atoms in total. The van der Waals surface area contributed by atoms with Crippen molar-refractivity contribution in [2.75, 3.05) is 30.4 Å². The molecule has 160 valence electrons. The van der Waals surface area contributed by atoms with Gasteiger partial charge in [-0.25, -0.2) is 0 Å². The first kappa shape index (κ1) is 21.6. The van der Waals surface area contributed by atoms with E-state index in [4.69, 9.17) is 0 Å². The lowest BCUT2D eigenvalue weighted by Crippen LogP contribution is -2.30. The van der Waals surface area contributed by atoms with Crippen LogP contribution in [0.25, 0.3) is 0 Å². The molecule has 1 N–H and O–H groups in total. The molecule has 3 rings (SSSR count). The highest BCUT2D eigenvalue weighted by atomic mass is 19.4. The molecule has 9 heteroatoms. The molecular formula is C21H22F3N3O3. The Hall–Kier alpha value is -3.07. The van der Waals surface area contributed by atoms with Gasteiger partial charge < -0.3 is 15.0 Å². The number of halogens is 3. The summed E-state index contributed by atoms with van der Waals surface area (Å²) < 4.78 is 41.7. The largest absolute Gasteiger partial charge is 0.573 e. The fraction of sp³-hybridized carbons (Fsp3) is 0.333. The van der Waals surface area contributed by atoms with E-state index in [1.807, 2.05) is 0 Å². The zero-order chi connectivity index (χ0) is 21.7. The Morgan fingerprint density at radius 2 is 1.87 bits per heavy atom. The van der Waals surface area contributed by atoms with Crippen LogP contribution in [-0.2, 0) is 16.1 Å². The number of hydrogen-bond donors (Lipinski definition) is 1. The Morgan fingerprint density at radius 3 is 2.50 bits per heavy atom. The Bertz CT molecular complexity index is 900. The van der Waals surface area contributed by atoms with Gasteiger partial charge in [0.1, 0.15) is 5.75 Å². The minimum absolute atomic E-state index is 0.0211. The number of nitrogens with one attached hydrogen (secondary N) is 1. The van der Waals surface area contributed by atoms with Gasteiger partial charge >= 0.3 is 6.36 Å². The standard InChI is InChI=1S/C21H22F3N3O3/c1-26(13-15-5-2-3-6-18(15)30-21(22,23)24)14-19(28)25-16-8-10-17(11-9-16)27-12-4-7-20(27)29/h2-3,5-6,8-11H,4,7,12-14H2,1H3,(H,25,28). The number of nitrogens with zero attached hydrogens (tertiary/aromatic N) is 2. The second-order valence-corrected chi connectivity index (χ2v) is 7.07. The minimum Gasteiger partial charge on any atom is -0.405 e. The number of rotatable bonds is 7. The van der Waals surface area contributed by atoms with Crippen LogP contribution in [0, 0.1) is 0 Å². The van der Waals surface area contributed by atoms with E-state index < -0.39 is 6.36 Å². The van der Waals surface area contributed by atoms with Crippen LogP contribution in [0.15, 0.2) is 48.5 Å². The monoisotopic (exact) mass is 421 g/mol. The summed E-state index contributed by atoms with van der Waals surface area (Å²) in [6.45, 7) is 0.775. The van der Waals surface area contributed by atoms with E-state index in [1.54, 1.807) is 47.2 Å². The SMILES string of the molecule is CN(CC(=O)Nc1ccc(N2CCCC2=O)cc1)Cc1ccccc1OC(F)(F)F. The molecule has 2 aromatic rings. The van der Waals surface area contributed by atoms with Gasteiger partial charge in [-0.15, -0.1) is 13.2 Å². The predicted octanol–water partition coefficient (Wildman–Crippen LogP) is 3.78. The van der Waals surface area contributed by atoms with Crippen LogP contribution in [0.2, 0.25) is 0 Å².